The molecule has 2 fully saturated rings. The van der Waals surface area contributed by atoms with E-state index < -0.39 is 22.0 Å². The molecule has 3 aliphatic rings. The third kappa shape index (κ3) is 4.30. The number of anilines is 1. The topological polar surface area (TPSA) is 107 Å². The summed E-state index contributed by atoms with van der Waals surface area (Å²) < 4.78 is 27.9. The summed E-state index contributed by atoms with van der Waals surface area (Å²) in [6.07, 6.45) is 5.26. The minimum absolute atomic E-state index is 0.0109. The molecule has 36 heavy (non-hydrogen) atoms. The highest BCUT2D eigenvalue weighted by Crippen LogP contribution is 2.51. The first-order valence-electron chi connectivity index (χ1n) is 12.4. The van der Waals surface area contributed by atoms with Crippen LogP contribution in [0.15, 0.2) is 71.9 Å². The number of aliphatic hydroxyl groups is 1. The zero-order valence-electron chi connectivity index (χ0n) is 20.2. The summed E-state index contributed by atoms with van der Waals surface area (Å²) in [7, 11) is -4.06. The lowest BCUT2D eigenvalue weighted by molar-refractivity contribution is -0.128. The Bertz CT molecular complexity index is 1260. The van der Waals surface area contributed by atoms with Crippen LogP contribution in [0.25, 0.3) is 0 Å². The number of benzene rings is 2. The van der Waals surface area contributed by atoms with E-state index >= 15 is 0 Å². The van der Waals surface area contributed by atoms with E-state index in [0.717, 1.165) is 29.1 Å². The van der Waals surface area contributed by atoms with Crippen LogP contribution in [-0.4, -0.2) is 48.3 Å². The number of fused-ring (bicyclic) bond motifs is 2. The molecule has 0 spiro atoms. The van der Waals surface area contributed by atoms with Crippen molar-refractivity contribution in [2.24, 2.45) is 17.8 Å². The molecule has 2 amide bonds. The average Bonchev–Trinajstić information content (AvgIpc) is 3.48. The van der Waals surface area contributed by atoms with Crippen molar-refractivity contribution < 1.29 is 23.1 Å². The Kier molecular flexibility index (Phi) is 6.61. The first kappa shape index (κ1) is 24.5. The van der Waals surface area contributed by atoms with Crippen LogP contribution in [0.2, 0.25) is 0 Å². The number of aryl methyl sites for hydroxylation is 1. The lowest BCUT2D eigenvalue weighted by atomic mass is 9.83. The standard InChI is InChI=1S/C27H31N3O5S/c1-18-7-11-22(12-8-18)36(34,35)29-14-13-28-27(33)24(29)16-25(32)30(21-5-3-2-4-6-21)26-20-10-9-19(15-20)23(26)17-31/h2-8,11-14,19-20,23-24,26,31H,9-10,15-17H2,1H3,(H,28,33)/t19?,20?,23?,24-,26?/m1/s1. The first-order valence-corrected chi connectivity index (χ1v) is 13.8. The molecule has 0 saturated heterocycles. The van der Waals surface area contributed by atoms with Gasteiger partial charge in [0.2, 0.25) is 11.8 Å². The largest absolute Gasteiger partial charge is 0.396 e. The van der Waals surface area contributed by atoms with Gasteiger partial charge in [0.1, 0.15) is 6.04 Å². The summed E-state index contributed by atoms with van der Waals surface area (Å²) in [5.74, 6) is -0.301. The summed E-state index contributed by atoms with van der Waals surface area (Å²) in [5.41, 5.74) is 1.61. The maximum atomic E-state index is 14.0. The summed E-state index contributed by atoms with van der Waals surface area (Å²) in [4.78, 5) is 28.6. The average molecular weight is 510 g/mol. The summed E-state index contributed by atoms with van der Waals surface area (Å²) in [5, 5.41) is 12.8. The molecular weight excluding hydrogens is 478 g/mol. The number of hydrogen-bond acceptors (Lipinski definition) is 5. The van der Waals surface area contributed by atoms with Crippen molar-refractivity contribution in [1.29, 1.82) is 0 Å². The molecule has 5 atom stereocenters. The summed E-state index contributed by atoms with van der Waals surface area (Å²) in [6.45, 7) is 1.85. The van der Waals surface area contributed by atoms with E-state index in [4.69, 9.17) is 0 Å². The minimum Gasteiger partial charge on any atom is -0.396 e. The molecule has 4 unspecified atom stereocenters. The van der Waals surface area contributed by atoms with E-state index in [1.165, 1.54) is 24.5 Å². The molecule has 2 aromatic rings. The molecular formula is C27H31N3O5S. The highest BCUT2D eigenvalue weighted by atomic mass is 32.2. The molecule has 5 rings (SSSR count). The lowest BCUT2D eigenvalue weighted by Gasteiger charge is -2.40. The number of rotatable bonds is 7. The molecule has 9 heteroatoms. The van der Waals surface area contributed by atoms with Gasteiger partial charge in [-0.15, -0.1) is 0 Å². The van der Waals surface area contributed by atoms with E-state index in [9.17, 15) is 23.1 Å². The van der Waals surface area contributed by atoms with Crippen molar-refractivity contribution in [1.82, 2.24) is 9.62 Å². The highest BCUT2D eigenvalue weighted by molar-refractivity contribution is 7.89. The number of sulfonamides is 1. The Balaban J connectivity index is 1.48. The quantitative estimate of drug-likeness (QED) is 0.597. The van der Waals surface area contributed by atoms with E-state index in [0.29, 0.717) is 11.6 Å². The van der Waals surface area contributed by atoms with Gasteiger partial charge in [-0.1, -0.05) is 35.9 Å². The molecule has 8 nitrogen and oxygen atoms in total. The van der Waals surface area contributed by atoms with Crippen LogP contribution in [0.1, 0.15) is 31.2 Å². The van der Waals surface area contributed by atoms with Gasteiger partial charge in [-0.25, -0.2) is 8.42 Å². The predicted octanol–water partition coefficient (Wildman–Crippen LogP) is 2.79. The van der Waals surface area contributed by atoms with Crippen LogP contribution in [-0.2, 0) is 19.6 Å². The second-order valence-electron chi connectivity index (χ2n) is 9.96. The Hall–Kier alpha value is -3.17. The zero-order chi connectivity index (χ0) is 25.4. The van der Waals surface area contributed by atoms with Gasteiger partial charge in [0.05, 0.1) is 11.3 Å². The maximum Gasteiger partial charge on any atom is 0.264 e. The molecule has 190 valence electrons. The molecule has 1 aliphatic heterocycles. The van der Waals surface area contributed by atoms with Crippen LogP contribution in [0.4, 0.5) is 5.69 Å². The number of aliphatic hydroxyl groups excluding tert-OH is 1. The number of para-hydroxylation sites is 1. The van der Waals surface area contributed by atoms with Gasteiger partial charge < -0.3 is 15.3 Å². The van der Waals surface area contributed by atoms with Crippen LogP contribution < -0.4 is 10.2 Å². The first-order chi connectivity index (χ1) is 17.3. The molecule has 2 aromatic carbocycles. The van der Waals surface area contributed by atoms with Gasteiger partial charge in [0.25, 0.3) is 10.0 Å². The van der Waals surface area contributed by atoms with Crippen molar-refractivity contribution in [2.75, 3.05) is 11.5 Å². The van der Waals surface area contributed by atoms with Crippen molar-refractivity contribution >= 4 is 27.5 Å². The predicted molar refractivity (Wildman–Crippen MR) is 135 cm³/mol. The van der Waals surface area contributed by atoms with Crippen molar-refractivity contribution in [3.63, 3.8) is 0 Å². The van der Waals surface area contributed by atoms with Gasteiger partial charge >= 0.3 is 0 Å². The van der Waals surface area contributed by atoms with E-state index in [1.54, 1.807) is 17.0 Å². The Morgan fingerprint density at radius 1 is 1.08 bits per heavy atom. The number of nitrogens with one attached hydrogen (secondary N) is 1. The van der Waals surface area contributed by atoms with Crippen LogP contribution in [0.3, 0.4) is 0 Å². The van der Waals surface area contributed by atoms with Gasteiger partial charge in [-0.3, -0.25) is 13.9 Å². The van der Waals surface area contributed by atoms with E-state index in [2.05, 4.69) is 5.32 Å². The summed E-state index contributed by atoms with van der Waals surface area (Å²) >= 11 is 0. The molecule has 0 radical (unpaired) electrons. The fourth-order valence-electron chi connectivity index (χ4n) is 6.15. The van der Waals surface area contributed by atoms with Gasteiger partial charge in [0, 0.05) is 36.7 Å². The maximum absolute atomic E-state index is 14.0. The molecule has 0 aromatic heterocycles. The highest BCUT2D eigenvalue weighted by Gasteiger charge is 2.51. The van der Waals surface area contributed by atoms with Gasteiger partial charge in [-0.05, 0) is 62.3 Å². The van der Waals surface area contributed by atoms with Crippen molar-refractivity contribution in [3.05, 3.63) is 72.6 Å². The Morgan fingerprint density at radius 3 is 2.47 bits per heavy atom. The number of carbonyl (C=O) groups is 2. The fourth-order valence-corrected chi connectivity index (χ4v) is 7.59. The van der Waals surface area contributed by atoms with Crippen LogP contribution in [0.5, 0.6) is 0 Å². The molecule has 2 aliphatic carbocycles. The smallest absolute Gasteiger partial charge is 0.264 e. The second-order valence-corrected chi connectivity index (χ2v) is 11.8. The minimum atomic E-state index is -4.06. The van der Waals surface area contributed by atoms with Gasteiger partial charge in [0.15, 0.2) is 0 Å². The third-order valence-corrected chi connectivity index (χ3v) is 9.67. The monoisotopic (exact) mass is 509 g/mol. The van der Waals surface area contributed by atoms with Crippen molar-refractivity contribution in [3.8, 4) is 0 Å². The van der Waals surface area contributed by atoms with Crippen LogP contribution in [0, 0.1) is 24.7 Å². The molecule has 2 N–H and O–H groups in total. The van der Waals surface area contributed by atoms with E-state index in [-0.39, 0.29) is 41.7 Å². The Morgan fingerprint density at radius 2 is 1.78 bits per heavy atom. The van der Waals surface area contributed by atoms with E-state index in [1.807, 2.05) is 37.3 Å². The second kappa shape index (κ2) is 9.71. The molecule has 2 bridgehead atoms. The summed E-state index contributed by atoms with van der Waals surface area (Å²) in [6, 6.07) is 14.2. The molecule has 2 saturated carbocycles. The van der Waals surface area contributed by atoms with Gasteiger partial charge in [-0.2, -0.15) is 0 Å². The third-order valence-electron chi connectivity index (χ3n) is 7.87. The van der Waals surface area contributed by atoms with Crippen LogP contribution >= 0.6 is 0 Å². The normalized spacial score (nSPS) is 27.2. The number of nitrogens with zero attached hydrogens (tertiary/aromatic N) is 2. The zero-order valence-corrected chi connectivity index (χ0v) is 21.0. The lowest BCUT2D eigenvalue weighted by Crippen LogP contribution is -2.54. The SMILES string of the molecule is Cc1ccc(S(=O)(=O)N2C=CNC(=O)[C@H]2CC(=O)N(c2ccccc2)C2C3CCC(C3)C2CO)cc1. The Labute approximate surface area is 211 Å². The molecule has 1 heterocycles. The van der Waals surface area contributed by atoms with Crippen molar-refractivity contribution in [2.45, 2.75) is 49.6 Å². The number of carbonyl (C=O) groups excluding carboxylic acids is 2. The fraction of sp³-hybridized carbons (Fsp3) is 0.407. The number of amides is 2. The number of hydrogen-bond donors (Lipinski definition) is 2.